The maximum atomic E-state index is 13.2. The largest absolute Gasteiger partial charge is 0.451 e. The van der Waals surface area contributed by atoms with E-state index in [0.29, 0.717) is 24.3 Å². The molecule has 1 amide bonds. The number of alkyl halides is 3. The van der Waals surface area contributed by atoms with Crippen molar-refractivity contribution in [3.8, 4) is 0 Å². The minimum Gasteiger partial charge on any atom is -0.378 e. The summed E-state index contributed by atoms with van der Waals surface area (Å²) in [7, 11) is 1.52. The van der Waals surface area contributed by atoms with Gasteiger partial charge in [0.25, 0.3) is 0 Å². The Bertz CT molecular complexity index is 1100. The summed E-state index contributed by atoms with van der Waals surface area (Å²) in [5, 5.41) is 3.21. The van der Waals surface area contributed by atoms with E-state index in [1.54, 1.807) is 30.3 Å². The number of para-hydroxylation sites is 1. The summed E-state index contributed by atoms with van der Waals surface area (Å²) in [6.07, 6.45) is -4.69. The third kappa shape index (κ3) is 4.91. The standard InChI is InChI=1S/C22H22F3N5O2/c1-29(20-17-4-2-3-5-18(17)27-21(28-20)22(23,24)25)14-19(31)26-15-6-8-16(9-7-15)30-10-12-32-13-11-30/h2-9H,10-14H2,1H3,(H,26,31). The molecule has 0 unspecified atom stereocenters. The van der Waals surface area contributed by atoms with E-state index in [2.05, 4.69) is 20.2 Å². The van der Waals surface area contributed by atoms with Crippen molar-refractivity contribution in [1.82, 2.24) is 9.97 Å². The predicted octanol–water partition coefficient (Wildman–Crippen LogP) is 3.56. The minimum absolute atomic E-state index is 0.0424. The van der Waals surface area contributed by atoms with Gasteiger partial charge in [-0.25, -0.2) is 9.97 Å². The monoisotopic (exact) mass is 445 g/mol. The van der Waals surface area contributed by atoms with Gasteiger partial charge in [0.15, 0.2) is 0 Å². The first-order valence-corrected chi connectivity index (χ1v) is 10.1. The second kappa shape index (κ2) is 8.99. The number of carbonyl (C=O) groups excluding carboxylic acids is 1. The van der Waals surface area contributed by atoms with Gasteiger partial charge < -0.3 is 19.9 Å². The Balaban J connectivity index is 1.47. The van der Waals surface area contributed by atoms with E-state index in [1.807, 2.05) is 12.1 Å². The van der Waals surface area contributed by atoms with E-state index in [1.165, 1.54) is 18.0 Å². The molecule has 1 aliphatic heterocycles. The van der Waals surface area contributed by atoms with Crippen LogP contribution in [0.5, 0.6) is 0 Å². The molecule has 1 aromatic heterocycles. The molecule has 1 saturated heterocycles. The summed E-state index contributed by atoms with van der Waals surface area (Å²) in [5.74, 6) is -1.57. The summed E-state index contributed by atoms with van der Waals surface area (Å²) in [6, 6.07) is 13.8. The third-order valence-corrected chi connectivity index (χ3v) is 5.11. The molecule has 10 heteroatoms. The molecule has 1 N–H and O–H groups in total. The highest BCUT2D eigenvalue weighted by molar-refractivity contribution is 5.96. The lowest BCUT2D eigenvalue weighted by Crippen LogP contribution is -2.36. The average Bonchev–Trinajstić information content (AvgIpc) is 2.78. The topological polar surface area (TPSA) is 70.6 Å². The van der Waals surface area contributed by atoms with Gasteiger partial charge in [0.2, 0.25) is 11.7 Å². The summed E-state index contributed by atoms with van der Waals surface area (Å²) >= 11 is 0. The van der Waals surface area contributed by atoms with Crippen LogP contribution in [0.15, 0.2) is 48.5 Å². The molecule has 2 heterocycles. The number of nitrogens with zero attached hydrogens (tertiary/aromatic N) is 4. The second-order valence-electron chi connectivity index (χ2n) is 7.44. The van der Waals surface area contributed by atoms with Gasteiger partial charge in [-0.15, -0.1) is 0 Å². The first-order valence-electron chi connectivity index (χ1n) is 10.1. The van der Waals surface area contributed by atoms with Crippen molar-refractivity contribution >= 4 is 34.0 Å². The molecule has 1 aliphatic rings. The van der Waals surface area contributed by atoms with E-state index in [9.17, 15) is 18.0 Å². The summed E-state index contributed by atoms with van der Waals surface area (Å²) in [4.78, 5) is 23.4. The van der Waals surface area contributed by atoms with Gasteiger partial charge in [-0.3, -0.25) is 4.79 Å². The highest BCUT2D eigenvalue weighted by atomic mass is 19.4. The summed E-state index contributed by atoms with van der Waals surface area (Å²) in [5.41, 5.74) is 1.80. The van der Waals surface area contributed by atoms with E-state index in [0.717, 1.165) is 18.8 Å². The van der Waals surface area contributed by atoms with Crippen LogP contribution in [-0.2, 0) is 15.7 Å². The first kappa shape index (κ1) is 21.8. The lowest BCUT2D eigenvalue weighted by atomic mass is 10.2. The van der Waals surface area contributed by atoms with E-state index in [4.69, 9.17) is 4.74 Å². The molecule has 168 valence electrons. The van der Waals surface area contributed by atoms with Crippen LogP contribution in [0, 0.1) is 0 Å². The Morgan fingerprint density at radius 2 is 1.78 bits per heavy atom. The molecule has 0 aliphatic carbocycles. The van der Waals surface area contributed by atoms with E-state index < -0.39 is 12.0 Å². The number of amides is 1. The van der Waals surface area contributed by atoms with E-state index in [-0.39, 0.29) is 23.8 Å². The number of aromatic nitrogens is 2. The molecular formula is C22H22F3N5O2. The fraction of sp³-hybridized carbons (Fsp3) is 0.318. The number of likely N-dealkylation sites (N-methyl/N-ethyl adjacent to an activating group) is 1. The Kier molecular flexibility index (Phi) is 6.13. The van der Waals surface area contributed by atoms with Gasteiger partial charge in [-0.05, 0) is 36.4 Å². The van der Waals surface area contributed by atoms with Gasteiger partial charge in [-0.2, -0.15) is 13.2 Å². The van der Waals surface area contributed by atoms with Crippen molar-refractivity contribution in [3.05, 3.63) is 54.4 Å². The number of anilines is 3. The maximum absolute atomic E-state index is 13.2. The van der Waals surface area contributed by atoms with E-state index >= 15 is 0 Å². The van der Waals surface area contributed by atoms with Crippen molar-refractivity contribution < 1.29 is 22.7 Å². The minimum atomic E-state index is -4.69. The van der Waals surface area contributed by atoms with Crippen LogP contribution in [-0.4, -0.2) is 55.8 Å². The predicted molar refractivity (Wildman–Crippen MR) is 116 cm³/mol. The fourth-order valence-corrected chi connectivity index (χ4v) is 3.55. The normalized spacial score (nSPS) is 14.4. The number of nitrogens with one attached hydrogen (secondary N) is 1. The third-order valence-electron chi connectivity index (χ3n) is 5.11. The van der Waals surface area contributed by atoms with Crippen LogP contribution >= 0.6 is 0 Å². The quantitative estimate of drug-likeness (QED) is 0.648. The molecule has 0 spiro atoms. The molecule has 7 nitrogen and oxygen atoms in total. The zero-order valence-electron chi connectivity index (χ0n) is 17.4. The molecule has 3 aromatic rings. The molecule has 0 bridgehead atoms. The van der Waals surface area contributed by atoms with Crippen LogP contribution in [0.1, 0.15) is 5.82 Å². The number of fused-ring (bicyclic) bond motifs is 1. The van der Waals surface area contributed by atoms with Crippen molar-refractivity contribution in [2.45, 2.75) is 6.18 Å². The average molecular weight is 445 g/mol. The molecule has 0 saturated carbocycles. The molecular weight excluding hydrogens is 423 g/mol. The molecule has 1 fully saturated rings. The molecule has 0 atom stereocenters. The highest BCUT2D eigenvalue weighted by Crippen LogP contribution is 2.31. The summed E-state index contributed by atoms with van der Waals surface area (Å²) in [6.45, 7) is 2.80. The number of carbonyl (C=O) groups is 1. The Morgan fingerprint density at radius 1 is 1.09 bits per heavy atom. The van der Waals surface area contributed by atoms with Crippen LogP contribution in [0.3, 0.4) is 0 Å². The van der Waals surface area contributed by atoms with Crippen molar-refractivity contribution in [2.24, 2.45) is 0 Å². The number of hydrogen-bond donors (Lipinski definition) is 1. The molecule has 2 aromatic carbocycles. The molecule has 32 heavy (non-hydrogen) atoms. The van der Waals surface area contributed by atoms with Crippen LogP contribution in [0.25, 0.3) is 10.9 Å². The van der Waals surface area contributed by atoms with Gasteiger partial charge in [-0.1, -0.05) is 12.1 Å². The molecule has 0 radical (unpaired) electrons. The van der Waals surface area contributed by atoms with Gasteiger partial charge in [0, 0.05) is 36.9 Å². The SMILES string of the molecule is CN(CC(=O)Nc1ccc(N2CCOCC2)cc1)c1nc(C(F)(F)F)nc2ccccc12. The number of benzene rings is 2. The van der Waals surface area contributed by atoms with Crippen molar-refractivity contribution in [3.63, 3.8) is 0 Å². The lowest BCUT2D eigenvalue weighted by molar-refractivity contribution is -0.144. The van der Waals surface area contributed by atoms with Gasteiger partial charge in [0.1, 0.15) is 5.82 Å². The van der Waals surface area contributed by atoms with Crippen molar-refractivity contribution in [1.29, 1.82) is 0 Å². The Hall–Kier alpha value is -3.40. The van der Waals surface area contributed by atoms with Crippen LogP contribution in [0.4, 0.5) is 30.4 Å². The molecule has 4 rings (SSSR count). The zero-order chi connectivity index (χ0) is 22.7. The number of morpholine rings is 1. The zero-order valence-corrected chi connectivity index (χ0v) is 17.4. The van der Waals surface area contributed by atoms with Gasteiger partial charge in [0.05, 0.1) is 25.3 Å². The van der Waals surface area contributed by atoms with Crippen LogP contribution < -0.4 is 15.1 Å². The lowest BCUT2D eigenvalue weighted by Gasteiger charge is -2.29. The Labute approximate surface area is 182 Å². The fourth-order valence-electron chi connectivity index (χ4n) is 3.55. The summed E-state index contributed by atoms with van der Waals surface area (Å²) < 4.78 is 45.1. The van der Waals surface area contributed by atoms with Gasteiger partial charge >= 0.3 is 6.18 Å². The number of halogens is 3. The second-order valence-corrected chi connectivity index (χ2v) is 7.44. The smallest absolute Gasteiger partial charge is 0.378 e. The highest BCUT2D eigenvalue weighted by Gasteiger charge is 2.36. The Morgan fingerprint density at radius 3 is 2.47 bits per heavy atom. The number of rotatable bonds is 5. The number of hydrogen-bond acceptors (Lipinski definition) is 6. The van der Waals surface area contributed by atoms with Crippen LogP contribution in [0.2, 0.25) is 0 Å². The van der Waals surface area contributed by atoms with Crippen molar-refractivity contribution in [2.75, 3.05) is 55.0 Å². The maximum Gasteiger partial charge on any atom is 0.451 e. The number of ether oxygens (including phenoxy) is 1. The first-order chi connectivity index (χ1) is 15.3.